The third-order valence-electron chi connectivity index (χ3n) is 5.62. The van der Waals surface area contributed by atoms with Gasteiger partial charge in [-0.25, -0.2) is 4.79 Å². The lowest BCUT2D eigenvalue weighted by molar-refractivity contribution is -0.137. The molecule has 1 unspecified atom stereocenters. The van der Waals surface area contributed by atoms with Crippen molar-refractivity contribution in [3.63, 3.8) is 0 Å². The summed E-state index contributed by atoms with van der Waals surface area (Å²) in [5, 5.41) is 2.77. The number of nitrogens with one attached hydrogen (secondary N) is 1. The number of hydrogen-bond acceptors (Lipinski definition) is 2. The van der Waals surface area contributed by atoms with Gasteiger partial charge in [0.1, 0.15) is 0 Å². The summed E-state index contributed by atoms with van der Waals surface area (Å²) in [5.41, 5.74) is 0.809. The van der Waals surface area contributed by atoms with Gasteiger partial charge in [0.2, 0.25) is 0 Å². The van der Waals surface area contributed by atoms with Crippen molar-refractivity contribution in [1.29, 1.82) is 0 Å². The van der Waals surface area contributed by atoms with Crippen LogP contribution in [0.4, 0.5) is 23.7 Å². The first kappa shape index (κ1) is 19.8. The Hall–Kier alpha value is -2.54. The number of benzene rings is 2. The lowest BCUT2D eigenvalue weighted by Crippen LogP contribution is -2.57. The average molecular weight is 403 g/mol. The summed E-state index contributed by atoms with van der Waals surface area (Å²) in [7, 11) is 0. The van der Waals surface area contributed by atoms with Gasteiger partial charge in [-0.1, -0.05) is 30.3 Å². The van der Waals surface area contributed by atoms with Crippen molar-refractivity contribution in [2.75, 3.05) is 25.0 Å². The number of nitrogens with zero attached hydrogens (tertiary/aromatic N) is 2. The van der Waals surface area contributed by atoms with Crippen LogP contribution in [0, 0.1) is 0 Å². The minimum atomic E-state index is -4.39. The van der Waals surface area contributed by atoms with Crippen molar-refractivity contribution in [3.8, 4) is 0 Å². The Morgan fingerprint density at radius 2 is 1.69 bits per heavy atom. The number of halogens is 3. The second-order valence-electron chi connectivity index (χ2n) is 7.77. The summed E-state index contributed by atoms with van der Waals surface area (Å²) >= 11 is 0. The fourth-order valence-electron chi connectivity index (χ4n) is 3.92. The molecule has 1 aliphatic carbocycles. The number of carbonyl (C=O) groups excluding carboxylic acids is 1. The standard InChI is InChI=1S/C22H24F3N3O/c23-22(24,25)17-6-8-18(9-7-17)26-21(29)28-13-12-27(19-10-11-19)15-20(28)14-16-4-2-1-3-5-16/h1-9,19-20H,10-15H2,(H,26,29). The highest BCUT2D eigenvalue weighted by Crippen LogP contribution is 2.31. The van der Waals surface area contributed by atoms with E-state index in [1.54, 1.807) is 0 Å². The van der Waals surface area contributed by atoms with Gasteiger partial charge in [0, 0.05) is 31.4 Å². The number of carbonyl (C=O) groups is 1. The highest BCUT2D eigenvalue weighted by atomic mass is 19.4. The van der Waals surface area contributed by atoms with Crippen LogP contribution in [0.15, 0.2) is 54.6 Å². The molecule has 2 aromatic carbocycles. The van der Waals surface area contributed by atoms with Crippen molar-refractivity contribution in [3.05, 3.63) is 65.7 Å². The van der Waals surface area contributed by atoms with Gasteiger partial charge in [-0.2, -0.15) is 13.2 Å². The van der Waals surface area contributed by atoms with Crippen LogP contribution >= 0.6 is 0 Å². The maximum Gasteiger partial charge on any atom is 0.416 e. The van der Waals surface area contributed by atoms with E-state index in [9.17, 15) is 18.0 Å². The summed E-state index contributed by atoms with van der Waals surface area (Å²) in [5.74, 6) is 0. The van der Waals surface area contributed by atoms with Crippen LogP contribution in [0.1, 0.15) is 24.0 Å². The lowest BCUT2D eigenvalue weighted by Gasteiger charge is -2.41. The summed E-state index contributed by atoms with van der Waals surface area (Å²) in [6, 6.07) is 15.0. The molecule has 1 N–H and O–H groups in total. The van der Waals surface area contributed by atoms with Crippen molar-refractivity contribution in [2.45, 2.75) is 37.5 Å². The SMILES string of the molecule is O=C(Nc1ccc(C(F)(F)F)cc1)N1CCN(C2CC2)CC1Cc1ccccc1. The first-order valence-corrected chi connectivity index (χ1v) is 9.93. The van der Waals surface area contributed by atoms with Crippen molar-refractivity contribution >= 4 is 11.7 Å². The van der Waals surface area contributed by atoms with Gasteiger partial charge in [-0.3, -0.25) is 4.90 Å². The predicted octanol–water partition coefficient (Wildman–Crippen LogP) is 4.63. The Labute approximate surface area is 168 Å². The molecule has 2 aromatic rings. The normalized spacial score (nSPS) is 20.5. The number of rotatable bonds is 4. The second kappa shape index (κ2) is 8.06. The summed E-state index contributed by atoms with van der Waals surface area (Å²) in [4.78, 5) is 17.2. The third kappa shape index (κ3) is 4.90. The van der Waals surface area contributed by atoms with Gasteiger partial charge >= 0.3 is 12.2 Å². The van der Waals surface area contributed by atoms with E-state index < -0.39 is 11.7 Å². The molecule has 0 spiro atoms. The molecule has 4 rings (SSSR count). The fraction of sp³-hybridized carbons (Fsp3) is 0.409. The molecular weight excluding hydrogens is 379 g/mol. The zero-order valence-corrected chi connectivity index (χ0v) is 16.0. The first-order valence-electron chi connectivity index (χ1n) is 9.93. The van der Waals surface area contributed by atoms with E-state index in [2.05, 4.69) is 22.3 Å². The molecule has 2 fully saturated rings. The smallest absolute Gasteiger partial charge is 0.319 e. The van der Waals surface area contributed by atoms with Gasteiger partial charge in [-0.05, 0) is 49.1 Å². The minimum Gasteiger partial charge on any atom is -0.319 e. The molecule has 7 heteroatoms. The number of piperazine rings is 1. The van der Waals surface area contributed by atoms with E-state index in [0.29, 0.717) is 18.3 Å². The van der Waals surface area contributed by atoms with Crippen LogP contribution in [0.2, 0.25) is 0 Å². The minimum absolute atomic E-state index is 0.0289. The number of hydrogen-bond donors (Lipinski definition) is 1. The molecule has 0 bridgehead atoms. The van der Waals surface area contributed by atoms with E-state index in [0.717, 1.165) is 31.6 Å². The number of amides is 2. The molecule has 4 nitrogen and oxygen atoms in total. The molecule has 1 heterocycles. The molecule has 2 amide bonds. The van der Waals surface area contributed by atoms with E-state index in [-0.39, 0.29) is 12.1 Å². The molecule has 1 aliphatic heterocycles. The van der Waals surface area contributed by atoms with Crippen LogP contribution in [-0.2, 0) is 12.6 Å². The van der Waals surface area contributed by atoms with Gasteiger partial charge in [-0.15, -0.1) is 0 Å². The Balaban J connectivity index is 1.45. The van der Waals surface area contributed by atoms with Crippen molar-refractivity contribution in [2.24, 2.45) is 0 Å². The van der Waals surface area contributed by atoms with E-state index >= 15 is 0 Å². The summed E-state index contributed by atoms with van der Waals surface area (Å²) in [6.45, 7) is 2.26. The van der Waals surface area contributed by atoms with E-state index in [1.807, 2.05) is 23.1 Å². The highest BCUT2D eigenvalue weighted by molar-refractivity contribution is 5.89. The zero-order chi connectivity index (χ0) is 20.4. The highest BCUT2D eigenvalue weighted by Gasteiger charge is 2.37. The summed E-state index contributed by atoms with van der Waals surface area (Å²) in [6.07, 6.45) is -1.20. The molecule has 1 atom stereocenters. The van der Waals surface area contributed by atoms with E-state index in [4.69, 9.17) is 0 Å². The first-order chi connectivity index (χ1) is 13.9. The quantitative estimate of drug-likeness (QED) is 0.808. The Kier molecular flexibility index (Phi) is 5.50. The number of alkyl halides is 3. The Morgan fingerprint density at radius 3 is 2.31 bits per heavy atom. The molecule has 29 heavy (non-hydrogen) atoms. The van der Waals surface area contributed by atoms with Crippen LogP contribution < -0.4 is 5.32 Å². The Bertz CT molecular complexity index is 835. The predicted molar refractivity (Wildman–Crippen MR) is 106 cm³/mol. The number of urea groups is 1. The van der Waals surface area contributed by atoms with Crippen LogP contribution in [0.3, 0.4) is 0 Å². The maximum atomic E-state index is 12.9. The molecule has 154 valence electrons. The maximum absolute atomic E-state index is 12.9. The van der Waals surface area contributed by atoms with Crippen LogP contribution in [0.5, 0.6) is 0 Å². The van der Waals surface area contributed by atoms with Gasteiger partial charge < -0.3 is 10.2 Å². The topological polar surface area (TPSA) is 35.6 Å². The molecule has 0 aromatic heterocycles. The lowest BCUT2D eigenvalue weighted by atomic mass is 10.0. The Morgan fingerprint density at radius 1 is 1.00 bits per heavy atom. The molecule has 0 radical (unpaired) electrons. The van der Waals surface area contributed by atoms with Gasteiger partial charge in [0.05, 0.1) is 11.6 Å². The fourth-order valence-corrected chi connectivity index (χ4v) is 3.92. The average Bonchev–Trinajstić information content (AvgIpc) is 3.54. The number of anilines is 1. The molecule has 1 saturated heterocycles. The molecular formula is C22H24F3N3O. The third-order valence-corrected chi connectivity index (χ3v) is 5.62. The van der Waals surface area contributed by atoms with Gasteiger partial charge in [0.25, 0.3) is 0 Å². The van der Waals surface area contributed by atoms with Crippen molar-refractivity contribution < 1.29 is 18.0 Å². The van der Waals surface area contributed by atoms with Gasteiger partial charge in [0.15, 0.2) is 0 Å². The second-order valence-corrected chi connectivity index (χ2v) is 7.77. The monoisotopic (exact) mass is 403 g/mol. The van der Waals surface area contributed by atoms with Crippen LogP contribution in [-0.4, -0.2) is 47.5 Å². The van der Waals surface area contributed by atoms with Crippen LogP contribution in [0.25, 0.3) is 0 Å². The van der Waals surface area contributed by atoms with Crippen molar-refractivity contribution in [1.82, 2.24) is 9.80 Å². The molecule has 1 saturated carbocycles. The summed E-state index contributed by atoms with van der Waals surface area (Å²) < 4.78 is 38.2. The zero-order valence-electron chi connectivity index (χ0n) is 16.0. The van der Waals surface area contributed by atoms with E-state index in [1.165, 1.54) is 30.5 Å². The largest absolute Gasteiger partial charge is 0.416 e. The molecule has 2 aliphatic rings.